The van der Waals surface area contributed by atoms with E-state index in [4.69, 9.17) is 0 Å². The van der Waals surface area contributed by atoms with E-state index in [0.717, 1.165) is 17.7 Å². The molecule has 0 saturated carbocycles. The molecule has 0 unspecified atom stereocenters. The SMILES string of the molecule is CCCCCCCCCCCCn1c2cc(CO)ccc2c2ccc(CO)cc21. The molecule has 0 spiro atoms. The fourth-order valence-corrected chi connectivity index (χ4v) is 4.38. The Kier molecular flexibility index (Phi) is 8.57. The van der Waals surface area contributed by atoms with Crippen molar-refractivity contribution in [1.82, 2.24) is 4.57 Å². The summed E-state index contributed by atoms with van der Waals surface area (Å²) in [6, 6.07) is 12.5. The minimum atomic E-state index is 0.0671. The highest BCUT2D eigenvalue weighted by Crippen LogP contribution is 2.31. The fraction of sp³-hybridized carbons (Fsp3) is 0.538. The zero-order valence-electron chi connectivity index (χ0n) is 18.0. The van der Waals surface area contributed by atoms with Gasteiger partial charge in [0.15, 0.2) is 0 Å². The number of aliphatic hydroxyl groups is 2. The van der Waals surface area contributed by atoms with Crippen LogP contribution in [0.5, 0.6) is 0 Å². The van der Waals surface area contributed by atoms with Crippen LogP contribution in [0, 0.1) is 0 Å². The third-order valence-corrected chi connectivity index (χ3v) is 6.10. The number of fused-ring (bicyclic) bond motifs is 3. The fourth-order valence-electron chi connectivity index (χ4n) is 4.38. The lowest BCUT2D eigenvalue weighted by Crippen LogP contribution is -1.99. The van der Waals surface area contributed by atoms with Gasteiger partial charge in [0.25, 0.3) is 0 Å². The highest BCUT2D eigenvalue weighted by molar-refractivity contribution is 6.08. The predicted octanol–water partition coefficient (Wildman–Crippen LogP) is 6.70. The molecule has 3 rings (SSSR count). The summed E-state index contributed by atoms with van der Waals surface area (Å²) in [6.45, 7) is 3.39. The zero-order valence-corrected chi connectivity index (χ0v) is 18.0. The number of hydrogen-bond donors (Lipinski definition) is 2. The number of hydrogen-bond acceptors (Lipinski definition) is 2. The van der Waals surface area contributed by atoms with Gasteiger partial charge in [-0.25, -0.2) is 0 Å². The second-order valence-corrected chi connectivity index (χ2v) is 8.35. The highest BCUT2D eigenvalue weighted by atomic mass is 16.3. The molecule has 1 aromatic heterocycles. The largest absolute Gasteiger partial charge is 0.392 e. The Labute approximate surface area is 175 Å². The average molecular weight is 396 g/mol. The summed E-state index contributed by atoms with van der Waals surface area (Å²) in [7, 11) is 0. The lowest BCUT2D eigenvalue weighted by Gasteiger charge is -2.09. The summed E-state index contributed by atoms with van der Waals surface area (Å²) in [5.74, 6) is 0. The molecule has 0 saturated heterocycles. The van der Waals surface area contributed by atoms with E-state index in [-0.39, 0.29) is 13.2 Å². The minimum Gasteiger partial charge on any atom is -0.392 e. The van der Waals surface area contributed by atoms with Crippen LogP contribution in [0.25, 0.3) is 21.8 Å². The van der Waals surface area contributed by atoms with E-state index in [1.165, 1.54) is 86.0 Å². The molecule has 29 heavy (non-hydrogen) atoms. The molecule has 2 N–H and O–H groups in total. The van der Waals surface area contributed by atoms with E-state index >= 15 is 0 Å². The van der Waals surface area contributed by atoms with Crippen LogP contribution in [0.3, 0.4) is 0 Å². The zero-order chi connectivity index (χ0) is 20.5. The number of aliphatic hydroxyl groups excluding tert-OH is 2. The Morgan fingerprint density at radius 2 is 1.07 bits per heavy atom. The monoisotopic (exact) mass is 395 g/mol. The van der Waals surface area contributed by atoms with E-state index in [1.807, 2.05) is 12.1 Å². The molecule has 3 aromatic rings. The summed E-state index contributed by atoms with van der Waals surface area (Å²) in [5, 5.41) is 21.6. The van der Waals surface area contributed by atoms with Crippen LogP contribution in [0.15, 0.2) is 36.4 Å². The van der Waals surface area contributed by atoms with Crippen LogP contribution in [-0.4, -0.2) is 14.8 Å². The van der Waals surface area contributed by atoms with Crippen molar-refractivity contribution in [2.24, 2.45) is 0 Å². The first-order valence-electron chi connectivity index (χ1n) is 11.5. The van der Waals surface area contributed by atoms with Crippen molar-refractivity contribution >= 4 is 21.8 Å². The lowest BCUT2D eigenvalue weighted by molar-refractivity contribution is 0.282. The molecule has 0 bridgehead atoms. The molecular weight excluding hydrogens is 358 g/mol. The summed E-state index contributed by atoms with van der Waals surface area (Å²) >= 11 is 0. The van der Waals surface area contributed by atoms with Crippen molar-refractivity contribution in [2.75, 3.05) is 0 Å². The molecule has 0 aliphatic carbocycles. The standard InChI is InChI=1S/C26H37NO2/c1-2-3-4-5-6-7-8-9-10-11-16-27-25-17-21(19-28)12-14-23(25)24-15-13-22(20-29)18-26(24)27/h12-15,17-18,28-29H,2-11,16,19-20H2,1H3. The van der Waals surface area contributed by atoms with Crippen LogP contribution < -0.4 is 0 Å². The van der Waals surface area contributed by atoms with Crippen molar-refractivity contribution in [1.29, 1.82) is 0 Å². The summed E-state index contributed by atoms with van der Waals surface area (Å²) in [6.07, 6.45) is 13.4. The third-order valence-electron chi connectivity index (χ3n) is 6.10. The van der Waals surface area contributed by atoms with Gasteiger partial charge < -0.3 is 14.8 Å². The van der Waals surface area contributed by atoms with E-state index in [0.29, 0.717) is 0 Å². The van der Waals surface area contributed by atoms with Gasteiger partial charge >= 0.3 is 0 Å². The van der Waals surface area contributed by atoms with Gasteiger partial charge in [-0.05, 0) is 29.7 Å². The molecule has 0 atom stereocenters. The normalized spacial score (nSPS) is 11.7. The van der Waals surface area contributed by atoms with E-state index in [9.17, 15) is 10.2 Å². The quantitative estimate of drug-likeness (QED) is 0.316. The molecule has 0 aliphatic heterocycles. The van der Waals surface area contributed by atoms with E-state index in [1.54, 1.807) is 0 Å². The Hall–Kier alpha value is -1.84. The van der Waals surface area contributed by atoms with Crippen molar-refractivity contribution in [3.8, 4) is 0 Å². The summed E-state index contributed by atoms with van der Waals surface area (Å²) in [5.41, 5.74) is 4.29. The van der Waals surface area contributed by atoms with Gasteiger partial charge in [-0.1, -0.05) is 89.0 Å². The van der Waals surface area contributed by atoms with E-state index < -0.39 is 0 Å². The Morgan fingerprint density at radius 1 is 0.621 bits per heavy atom. The second-order valence-electron chi connectivity index (χ2n) is 8.35. The van der Waals surface area contributed by atoms with Crippen molar-refractivity contribution in [3.63, 3.8) is 0 Å². The van der Waals surface area contributed by atoms with Crippen molar-refractivity contribution < 1.29 is 10.2 Å². The predicted molar refractivity (Wildman–Crippen MR) is 123 cm³/mol. The molecular formula is C26H37NO2. The van der Waals surface area contributed by atoms with Crippen LogP contribution in [0.1, 0.15) is 82.3 Å². The Morgan fingerprint density at radius 3 is 1.52 bits per heavy atom. The third kappa shape index (κ3) is 5.61. The number of aromatic nitrogens is 1. The van der Waals surface area contributed by atoms with Crippen LogP contribution in [-0.2, 0) is 19.8 Å². The lowest BCUT2D eigenvalue weighted by atomic mass is 10.1. The van der Waals surface area contributed by atoms with Gasteiger partial charge in [0.2, 0.25) is 0 Å². The number of benzene rings is 2. The van der Waals surface area contributed by atoms with Crippen molar-refractivity contribution in [2.45, 2.75) is 90.9 Å². The first-order chi connectivity index (χ1) is 14.3. The number of aryl methyl sites for hydroxylation is 1. The molecule has 2 aromatic carbocycles. The first-order valence-corrected chi connectivity index (χ1v) is 11.5. The molecule has 158 valence electrons. The van der Waals surface area contributed by atoms with Gasteiger partial charge in [-0.15, -0.1) is 0 Å². The van der Waals surface area contributed by atoms with Gasteiger partial charge in [0.1, 0.15) is 0 Å². The second kappa shape index (κ2) is 11.4. The van der Waals surface area contributed by atoms with Crippen LogP contribution >= 0.6 is 0 Å². The maximum atomic E-state index is 9.57. The summed E-state index contributed by atoms with van der Waals surface area (Å²) < 4.78 is 2.38. The van der Waals surface area contributed by atoms with Gasteiger partial charge in [-0.3, -0.25) is 0 Å². The van der Waals surface area contributed by atoms with Gasteiger partial charge in [0, 0.05) is 28.4 Å². The van der Waals surface area contributed by atoms with Gasteiger partial charge in [0.05, 0.1) is 13.2 Å². The Bertz CT molecular complexity index is 835. The topological polar surface area (TPSA) is 45.4 Å². The molecule has 0 amide bonds. The molecule has 3 heteroatoms. The number of rotatable bonds is 13. The van der Waals surface area contributed by atoms with Crippen molar-refractivity contribution in [3.05, 3.63) is 47.5 Å². The smallest absolute Gasteiger partial charge is 0.0682 e. The molecule has 0 aliphatic rings. The first kappa shape index (κ1) is 21.9. The molecule has 1 heterocycles. The van der Waals surface area contributed by atoms with Crippen LogP contribution in [0.4, 0.5) is 0 Å². The van der Waals surface area contributed by atoms with Gasteiger partial charge in [-0.2, -0.15) is 0 Å². The maximum Gasteiger partial charge on any atom is 0.0682 e. The average Bonchev–Trinajstić information content (AvgIpc) is 3.07. The maximum absolute atomic E-state index is 9.57. The summed E-state index contributed by atoms with van der Waals surface area (Å²) in [4.78, 5) is 0. The number of unbranched alkanes of at least 4 members (excludes halogenated alkanes) is 9. The highest BCUT2D eigenvalue weighted by Gasteiger charge is 2.11. The molecule has 3 nitrogen and oxygen atoms in total. The number of nitrogens with zero attached hydrogens (tertiary/aromatic N) is 1. The van der Waals surface area contributed by atoms with E-state index in [2.05, 4.69) is 35.8 Å². The van der Waals surface area contributed by atoms with Crippen LogP contribution in [0.2, 0.25) is 0 Å². The minimum absolute atomic E-state index is 0.0671. The molecule has 0 fully saturated rings. The molecule has 0 radical (unpaired) electrons. The Balaban J connectivity index is 1.62.